The van der Waals surface area contributed by atoms with Gasteiger partial charge >= 0.3 is 12.1 Å². The Hall–Kier alpha value is -3.58. The number of nitrogens with zero attached hydrogens (tertiary/aromatic N) is 2. The number of carbonyl (C=O) groups excluding carboxylic acids is 1. The molecular weight excluding hydrogens is 492 g/mol. The minimum absolute atomic E-state index is 0.0218. The highest BCUT2D eigenvalue weighted by Crippen LogP contribution is 2.32. The van der Waals surface area contributed by atoms with Crippen molar-refractivity contribution < 1.29 is 35.5 Å². The minimum atomic E-state index is -5.21. The largest absolute Gasteiger partial charge is 0.490 e. The van der Waals surface area contributed by atoms with Gasteiger partial charge in [0.05, 0.1) is 10.4 Å². The molecule has 186 valence electrons. The Balaban J connectivity index is 1.90. The Morgan fingerprint density at radius 3 is 2.26 bits per heavy atom. The van der Waals surface area contributed by atoms with E-state index in [2.05, 4.69) is 19.4 Å². The fourth-order valence-corrected chi connectivity index (χ4v) is 4.74. The number of hydrogen-bond donors (Lipinski definition) is 2. The van der Waals surface area contributed by atoms with Crippen LogP contribution in [-0.2, 0) is 19.6 Å². The molecule has 0 fully saturated rings. The van der Waals surface area contributed by atoms with E-state index in [-0.39, 0.29) is 27.5 Å². The zero-order valence-electron chi connectivity index (χ0n) is 18.4. The zero-order valence-corrected chi connectivity index (χ0v) is 19.2. The van der Waals surface area contributed by atoms with Gasteiger partial charge in [0.2, 0.25) is 16.0 Å². The molecule has 8 nitrogen and oxygen atoms in total. The predicted octanol–water partition coefficient (Wildman–Crippen LogP) is 3.69. The lowest BCUT2D eigenvalue weighted by Gasteiger charge is -2.26. The zero-order chi connectivity index (χ0) is 26.0. The molecule has 0 spiro atoms. The number of anilines is 1. The number of halogens is 4. The van der Waals surface area contributed by atoms with Crippen LogP contribution in [-0.4, -0.2) is 42.7 Å². The third-order valence-electron chi connectivity index (χ3n) is 4.65. The van der Waals surface area contributed by atoms with Crippen LogP contribution in [0.2, 0.25) is 0 Å². The first kappa shape index (κ1) is 26.0. The maximum absolute atomic E-state index is 14.9. The van der Waals surface area contributed by atoms with Crippen molar-refractivity contribution in [1.29, 1.82) is 0 Å². The van der Waals surface area contributed by atoms with E-state index in [1.165, 1.54) is 56.6 Å². The molecule has 1 aromatic heterocycles. The summed E-state index contributed by atoms with van der Waals surface area (Å²) in [5, 5.41) is 0. The molecule has 3 aromatic rings. The van der Waals surface area contributed by atoms with Gasteiger partial charge in [0, 0.05) is 29.1 Å². The molecule has 3 rings (SSSR count). The molecule has 0 saturated carbocycles. The van der Waals surface area contributed by atoms with Gasteiger partial charge in [-0.2, -0.15) is 13.2 Å². The number of rotatable bonds is 7. The van der Waals surface area contributed by atoms with Gasteiger partial charge in [-0.3, -0.25) is 0 Å². The number of benzene rings is 2. The fraction of sp³-hybridized carbons (Fsp3) is 0.227. The average molecular weight is 512 g/mol. The summed E-state index contributed by atoms with van der Waals surface area (Å²) in [6, 6.07) is 9.75. The van der Waals surface area contributed by atoms with E-state index in [9.17, 15) is 30.8 Å². The number of esters is 1. The van der Waals surface area contributed by atoms with Crippen LogP contribution >= 0.6 is 0 Å². The molecule has 0 amide bonds. The van der Waals surface area contributed by atoms with Crippen molar-refractivity contribution in [2.24, 2.45) is 0 Å². The lowest BCUT2D eigenvalue weighted by molar-refractivity contribution is -0.201. The van der Waals surface area contributed by atoms with Crippen molar-refractivity contribution in [3.63, 3.8) is 0 Å². The highest BCUT2D eigenvalue weighted by atomic mass is 32.2. The number of nitrogen functional groups attached to an aromatic ring is 1. The highest BCUT2D eigenvalue weighted by Gasteiger charge is 2.42. The van der Waals surface area contributed by atoms with Gasteiger partial charge in [0.25, 0.3) is 0 Å². The molecular formula is C22H20F4N4O4S. The van der Waals surface area contributed by atoms with Crippen LogP contribution in [0.1, 0.15) is 13.8 Å². The van der Waals surface area contributed by atoms with E-state index in [1.54, 1.807) is 6.07 Å². The van der Waals surface area contributed by atoms with E-state index in [1.807, 2.05) is 0 Å². The van der Waals surface area contributed by atoms with Gasteiger partial charge in [-0.05, 0) is 31.5 Å². The monoisotopic (exact) mass is 512 g/mol. The molecule has 1 heterocycles. The molecule has 0 aliphatic heterocycles. The minimum Gasteiger partial charge on any atom is -0.457 e. The molecule has 0 radical (unpaired) electrons. The second kappa shape index (κ2) is 9.58. The first-order chi connectivity index (χ1) is 16.2. The number of aromatic nitrogens is 2. The molecule has 13 heteroatoms. The summed E-state index contributed by atoms with van der Waals surface area (Å²) in [4.78, 5) is 18.4. The molecule has 0 unspecified atom stereocenters. The topological polar surface area (TPSA) is 124 Å². The van der Waals surface area contributed by atoms with Crippen LogP contribution in [0.5, 0.6) is 0 Å². The molecule has 0 atom stereocenters. The first-order valence-corrected chi connectivity index (χ1v) is 11.4. The number of nitrogens with one attached hydrogen (secondary N) is 1. The summed E-state index contributed by atoms with van der Waals surface area (Å²) in [5.74, 6) is -3.09. The number of hydrogen-bond acceptors (Lipinski definition) is 7. The smallest absolute Gasteiger partial charge is 0.457 e. The van der Waals surface area contributed by atoms with Crippen molar-refractivity contribution >= 4 is 21.9 Å². The Morgan fingerprint density at radius 1 is 1.03 bits per heavy atom. The van der Waals surface area contributed by atoms with Crippen molar-refractivity contribution in [2.45, 2.75) is 30.5 Å². The van der Waals surface area contributed by atoms with Crippen molar-refractivity contribution in [2.75, 3.05) is 12.3 Å². The van der Waals surface area contributed by atoms with E-state index >= 15 is 0 Å². The third-order valence-corrected chi connectivity index (χ3v) is 6.40. The highest BCUT2D eigenvalue weighted by molar-refractivity contribution is 7.89. The van der Waals surface area contributed by atoms with Crippen molar-refractivity contribution in [1.82, 2.24) is 14.7 Å². The van der Waals surface area contributed by atoms with E-state index in [0.29, 0.717) is 5.56 Å². The van der Waals surface area contributed by atoms with Crippen LogP contribution in [0.25, 0.3) is 22.3 Å². The summed E-state index contributed by atoms with van der Waals surface area (Å²) in [5.41, 5.74) is 4.75. The second-order valence-electron chi connectivity index (χ2n) is 8.08. The lowest BCUT2D eigenvalue weighted by Crippen LogP contribution is -2.48. The third kappa shape index (κ3) is 6.31. The van der Waals surface area contributed by atoms with E-state index < -0.39 is 40.1 Å². The standard InChI is InChI=1S/C22H20F4N4O4S/c1-21(2,12-34-19(31)22(24,25)26)30-35(32,33)18-6-4-3-5-16(18)13-7-8-15(17(23)9-13)14-10-28-20(27)29-11-14/h3-11,30H,12H2,1-2H3,(H2,27,28,29). The van der Waals surface area contributed by atoms with Gasteiger partial charge in [-0.1, -0.05) is 30.3 Å². The van der Waals surface area contributed by atoms with Gasteiger partial charge in [0.1, 0.15) is 12.4 Å². The van der Waals surface area contributed by atoms with Crippen LogP contribution in [0.4, 0.5) is 23.5 Å². The lowest BCUT2D eigenvalue weighted by atomic mass is 10.0. The summed E-state index contributed by atoms with van der Waals surface area (Å²) in [7, 11) is -4.34. The summed E-state index contributed by atoms with van der Waals surface area (Å²) in [6.07, 6.45) is -2.52. The van der Waals surface area contributed by atoms with E-state index in [0.717, 1.165) is 6.07 Å². The van der Waals surface area contributed by atoms with Crippen molar-refractivity contribution in [3.05, 3.63) is 60.7 Å². The van der Waals surface area contributed by atoms with Crippen molar-refractivity contribution in [3.8, 4) is 22.3 Å². The van der Waals surface area contributed by atoms with Gasteiger partial charge in [0.15, 0.2) is 0 Å². The Labute approximate surface area is 198 Å². The number of carbonyl (C=O) groups is 1. The SMILES string of the molecule is CC(C)(COC(=O)C(F)(F)F)NS(=O)(=O)c1ccccc1-c1ccc(-c2cnc(N)nc2)c(F)c1. The first-order valence-electron chi connectivity index (χ1n) is 9.94. The van der Waals surface area contributed by atoms with Gasteiger partial charge in [-0.15, -0.1) is 0 Å². The summed E-state index contributed by atoms with van der Waals surface area (Å²) >= 11 is 0. The summed E-state index contributed by atoms with van der Waals surface area (Å²) in [6.45, 7) is 1.62. The number of sulfonamides is 1. The molecule has 3 N–H and O–H groups in total. The van der Waals surface area contributed by atoms with Crippen LogP contribution in [0, 0.1) is 5.82 Å². The van der Waals surface area contributed by atoms with Gasteiger partial charge < -0.3 is 10.5 Å². The van der Waals surface area contributed by atoms with Crippen LogP contribution in [0.15, 0.2) is 59.8 Å². The average Bonchev–Trinajstić information content (AvgIpc) is 2.77. The second-order valence-corrected chi connectivity index (χ2v) is 9.73. The Bertz CT molecular complexity index is 1340. The molecule has 0 bridgehead atoms. The number of ether oxygens (including phenoxy) is 1. The molecule has 0 saturated heterocycles. The molecule has 0 aliphatic rings. The number of alkyl halides is 3. The normalized spacial score (nSPS) is 12.4. The summed E-state index contributed by atoms with van der Waals surface area (Å²) < 4.78 is 84.7. The van der Waals surface area contributed by atoms with Crippen LogP contribution in [0.3, 0.4) is 0 Å². The molecule has 2 aromatic carbocycles. The Kier molecular flexibility index (Phi) is 7.13. The van der Waals surface area contributed by atoms with Crippen LogP contribution < -0.4 is 10.5 Å². The number of nitrogens with two attached hydrogens (primary N) is 1. The fourth-order valence-electron chi connectivity index (χ4n) is 3.11. The Morgan fingerprint density at radius 2 is 1.66 bits per heavy atom. The maximum Gasteiger partial charge on any atom is 0.490 e. The van der Waals surface area contributed by atoms with E-state index in [4.69, 9.17) is 5.73 Å². The molecule has 0 aliphatic carbocycles. The van der Waals surface area contributed by atoms with Gasteiger partial charge in [-0.25, -0.2) is 32.3 Å². The molecule has 35 heavy (non-hydrogen) atoms. The quantitative estimate of drug-likeness (QED) is 0.365. The maximum atomic E-state index is 14.9. The predicted molar refractivity (Wildman–Crippen MR) is 119 cm³/mol.